The molecule has 0 radical (unpaired) electrons. The number of aromatic nitrogens is 2. The second-order valence-electron chi connectivity index (χ2n) is 4.06. The van der Waals surface area contributed by atoms with Crippen molar-refractivity contribution in [3.63, 3.8) is 0 Å². The summed E-state index contributed by atoms with van der Waals surface area (Å²) in [5.41, 5.74) is 8.07. The average Bonchev–Trinajstić information content (AvgIpc) is 2.35. The first-order chi connectivity index (χ1) is 9.08. The topological polar surface area (TPSA) is 81.0 Å². The number of ether oxygens (including phenoxy) is 1. The van der Waals surface area contributed by atoms with Crippen molar-refractivity contribution in [3.05, 3.63) is 45.9 Å². The van der Waals surface area contributed by atoms with Crippen LogP contribution in [0.5, 0.6) is 5.75 Å². The molecule has 1 aromatic heterocycles. The van der Waals surface area contributed by atoms with Crippen LogP contribution in [0.15, 0.2) is 34.2 Å². The number of nitrogens with zero attached hydrogens (tertiary/aromatic N) is 1. The summed E-state index contributed by atoms with van der Waals surface area (Å²) in [7, 11) is 1.58. The Morgan fingerprint density at radius 1 is 1.42 bits per heavy atom. The molecule has 1 aromatic carbocycles. The van der Waals surface area contributed by atoms with Crippen LogP contribution in [0.4, 0.5) is 5.69 Å². The third-order valence-electron chi connectivity index (χ3n) is 2.52. The highest BCUT2D eigenvalue weighted by Crippen LogP contribution is 2.25. The molecule has 5 nitrogen and oxygen atoms in total. The lowest BCUT2D eigenvalue weighted by Gasteiger charge is -2.07. The molecule has 0 saturated carbocycles. The molecule has 0 aliphatic heterocycles. The molecule has 0 bridgehead atoms. The molecule has 0 aliphatic rings. The molecule has 0 aliphatic carbocycles. The number of methoxy groups -OCH3 is 1. The molecule has 0 spiro atoms. The van der Waals surface area contributed by atoms with Crippen LogP contribution in [-0.4, -0.2) is 17.1 Å². The van der Waals surface area contributed by atoms with Gasteiger partial charge in [-0.1, -0.05) is 17.8 Å². The molecule has 1 heterocycles. The highest BCUT2D eigenvalue weighted by Gasteiger charge is 2.03. The van der Waals surface area contributed by atoms with Gasteiger partial charge in [-0.15, -0.1) is 0 Å². The zero-order chi connectivity index (χ0) is 13.8. The third-order valence-corrected chi connectivity index (χ3v) is 3.46. The Kier molecular flexibility index (Phi) is 4.11. The molecule has 2 aromatic rings. The van der Waals surface area contributed by atoms with E-state index in [-0.39, 0.29) is 5.56 Å². The zero-order valence-corrected chi connectivity index (χ0v) is 11.6. The number of benzene rings is 1. The van der Waals surface area contributed by atoms with Crippen molar-refractivity contribution in [1.82, 2.24) is 9.97 Å². The Labute approximate surface area is 115 Å². The Hall–Kier alpha value is -1.95. The summed E-state index contributed by atoms with van der Waals surface area (Å²) in [6.07, 6.45) is 0. The van der Waals surface area contributed by atoms with Crippen molar-refractivity contribution < 1.29 is 4.74 Å². The van der Waals surface area contributed by atoms with Crippen molar-refractivity contribution in [3.8, 4) is 5.75 Å². The minimum Gasteiger partial charge on any atom is -0.495 e. The predicted octanol–water partition coefficient (Wildman–Crippen LogP) is 1.96. The number of anilines is 1. The smallest absolute Gasteiger partial charge is 0.251 e. The number of H-pyrrole nitrogens is 1. The molecule has 0 fully saturated rings. The first-order valence-corrected chi connectivity index (χ1v) is 6.70. The predicted molar refractivity (Wildman–Crippen MR) is 76.6 cm³/mol. The molecule has 100 valence electrons. The molecular formula is C13H15N3O2S. The van der Waals surface area contributed by atoms with E-state index in [0.29, 0.717) is 28.0 Å². The Morgan fingerprint density at radius 3 is 2.84 bits per heavy atom. The summed E-state index contributed by atoms with van der Waals surface area (Å²) in [6.45, 7) is 1.80. The number of aromatic amines is 1. The number of nitrogens with two attached hydrogens (primary N) is 1. The second-order valence-corrected chi connectivity index (χ2v) is 5.02. The first kappa shape index (κ1) is 13.5. The van der Waals surface area contributed by atoms with Crippen molar-refractivity contribution in [2.24, 2.45) is 0 Å². The van der Waals surface area contributed by atoms with Crippen molar-refractivity contribution in [1.29, 1.82) is 0 Å². The number of rotatable bonds is 4. The molecule has 0 atom stereocenters. The lowest BCUT2D eigenvalue weighted by Crippen LogP contribution is -2.08. The number of aryl methyl sites for hydroxylation is 1. The lowest BCUT2D eigenvalue weighted by molar-refractivity contribution is 0.417. The summed E-state index contributed by atoms with van der Waals surface area (Å²) >= 11 is 1.46. The van der Waals surface area contributed by atoms with E-state index < -0.39 is 0 Å². The standard InChI is InChI=1S/C13H15N3O2S/c1-8-5-12(17)16-13(15-8)19-7-9-3-4-11(18-2)10(14)6-9/h3-6H,7,14H2,1-2H3,(H,15,16,17). The van der Waals surface area contributed by atoms with Gasteiger partial charge < -0.3 is 15.5 Å². The van der Waals surface area contributed by atoms with E-state index in [4.69, 9.17) is 10.5 Å². The van der Waals surface area contributed by atoms with Crippen molar-refractivity contribution >= 4 is 17.4 Å². The Morgan fingerprint density at radius 2 is 2.21 bits per heavy atom. The molecule has 2 rings (SSSR count). The number of hydrogen-bond acceptors (Lipinski definition) is 5. The van der Waals surface area contributed by atoms with Gasteiger partial charge >= 0.3 is 0 Å². The maximum Gasteiger partial charge on any atom is 0.251 e. The van der Waals surface area contributed by atoms with Gasteiger partial charge in [0, 0.05) is 17.5 Å². The third kappa shape index (κ3) is 3.51. The molecule has 0 amide bonds. The Bertz CT molecular complexity index is 640. The maximum absolute atomic E-state index is 11.3. The fourth-order valence-electron chi connectivity index (χ4n) is 1.65. The van der Waals surface area contributed by atoms with Crippen LogP contribution in [0.2, 0.25) is 0 Å². The van der Waals surface area contributed by atoms with E-state index in [0.717, 1.165) is 5.56 Å². The number of hydrogen-bond donors (Lipinski definition) is 2. The van der Waals surface area contributed by atoms with Crippen LogP contribution < -0.4 is 16.0 Å². The normalized spacial score (nSPS) is 10.4. The van der Waals surface area contributed by atoms with Gasteiger partial charge in [0.05, 0.1) is 12.8 Å². The van der Waals surface area contributed by atoms with Gasteiger partial charge in [0.15, 0.2) is 5.16 Å². The maximum atomic E-state index is 11.3. The van der Waals surface area contributed by atoms with Gasteiger partial charge in [0.2, 0.25) is 0 Å². The zero-order valence-electron chi connectivity index (χ0n) is 10.8. The molecular weight excluding hydrogens is 262 g/mol. The largest absolute Gasteiger partial charge is 0.495 e. The van der Waals surface area contributed by atoms with Crippen molar-refractivity contribution in [2.75, 3.05) is 12.8 Å². The summed E-state index contributed by atoms with van der Waals surface area (Å²) in [6, 6.07) is 7.10. The summed E-state index contributed by atoms with van der Waals surface area (Å²) < 4.78 is 5.10. The fraction of sp³-hybridized carbons (Fsp3) is 0.231. The lowest BCUT2D eigenvalue weighted by atomic mass is 10.2. The van der Waals surface area contributed by atoms with Gasteiger partial charge in [-0.2, -0.15) is 0 Å². The molecule has 3 N–H and O–H groups in total. The van der Waals surface area contributed by atoms with E-state index in [2.05, 4.69) is 9.97 Å². The molecule has 19 heavy (non-hydrogen) atoms. The van der Waals surface area contributed by atoms with Crippen molar-refractivity contribution in [2.45, 2.75) is 17.8 Å². The second kappa shape index (κ2) is 5.79. The summed E-state index contributed by atoms with van der Waals surface area (Å²) in [5.74, 6) is 1.34. The molecule has 6 heteroatoms. The van der Waals surface area contributed by atoms with Crippen LogP contribution >= 0.6 is 11.8 Å². The number of nitrogens with one attached hydrogen (secondary N) is 1. The van der Waals surface area contributed by atoms with Crippen LogP contribution in [0.25, 0.3) is 0 Å². The first-order valence-electron chi connectivity index (χ1n) is 5.71. The molecule has 0 saturated heterocycles. The quantitative estimate of drug-likeness (QED) is 0.507. The van der Waals surface area contributed by atoms with Crippen LogP contribution in [0, 0.1) is 6.92 Å². The van der Waals surface area contributed by atoms with E-state index in [9.17, 15) is 4.79 Å². The van der Waals surface area contributed by atoms with Gasteiger partial charge in [0.1, 0.15) is 5.75 Å². The van der Waals surface area contributed by atoms with Gasteiger partial charge in [-0.3, -0.25) is 4.79 Å². The van der Waals surface area contributed by atoms with Crippen LogP contribution in [0.1, 0.15) is 11.3 Å². The highest BCUT2D eigenvalue weighted by molar-refractivity contribution is 7.98. The number of thioether (sulfide) groups is 1. The van der Waals surface area contributed by atoms with Crippen LogP contribution in [0.3, 0.4) is 0 Å². The summed E-state index contributed by atoms with van der Waals surface area (Å²) in [5, 5.41) is 0.611. The van der Waals surface area contributed by atoms with E-state index in [1.165, 1.54) is 17.8 Å². The SMILES string of the molecule is COc1ccc(CSc2nc(C)cc(=O)[nH]2)cc1N. The molecule has 0 unspecified atom stereocenters. The van der Waals surface area contributed by atoms with E-state index >= 15 is 0 Å². The van der Waals surface area contributed by atoms with Gasteiger partial charge in [-0.05, 0) is 24.6 Å². The highest BCUT2D eigenvalue weighted by atomic mass is 32.2. The van der Waals surface area contributed by atoms with Gasteiger partial charge in [0.25, 0.3) is 5.56 Å². The summed E-state index contributed by atoms with van der Waals surface area (Å²) in [4.78, 5) is 18.3. The fourth-order valence-corrected chi connectivity index (χ4v) is 2.51. The van der Waals surface area contributed by atoms with E-state index in [1.54, 1.807) is 14.0 Å². The minimum absolute atomic E-state index is 0.135. The number of nitrogen functional groups attached to an aromatic ring is 1. The monoisotopic (exact) mass is 277 g/mol. The Balaban J connectivity index is 2.10. The van der Waals surface area contributed by atoms with E-state index in [1.807, 2.05) is 18.2 Å². The average molecular weight is 277 g/mol. The van der Waals surface area contributed by atoms with Gasteiger partial charge in [-0.25, -0.2) is 4.98 Å². The van der Waals surface area contributed by atoms with Crippen LogP contribution in [-0.2, 0) is 5.75 Å². The minimum atomic E-state index is -0.135.